The third kappa shape index (κ3) is 4.45. The molecule has 0 aliphatic carbocycles. The van der Waals surface area contributed by atoms with Gasteiger partial charge >= 0.3 is 7.60 Å². The second kappa shape index (κ2) is 10.0. The lowest BCUT2D eigenvalue weighted by Crippen LogP contribution is -2.34. The maximum atomic E-state index is 13.1. The zero-order chi connectivity index (χ0) is 29.3. The van der Waals surface area contributed by atoms with Crippen molar-refractivity contribution in [1.29, 1.82) is 0 Å². The first kappa shape index (κ1) is 27.3. The van der Waals surface area contributed by atoms with Gasteiger partial charge in [0.1, 0.15) is 30.2 Å². The normalized spacial score (nSPS) is 35.7. The van der Waals surface area contributed by atoms with Crippen LogP contribution in [0, 0.1) is 5.92 Å². The number of hydrogen-bond acceptors (Lipinski definition) is 15. The molecule has 0 saturated carbocycles. The van der Waals surface area contributed by atoms with E-state index in [4.69, 9.17) is 30.2 Å². The number of aromatic nitrogens is 8. The number of hydrogen-bond donors (Lipinski definition) is 6. The Labute approximate surface area is 235 Å². The van der Waals surface area contributed by atoms with Crippen molar-refractivity contribution in [3.05, 3.63) is 29.3 Å². The van der Waals surface area contributed by atoms with Crippen LogP contribution < -0.4 is 17.0 Å². The molecular weight excluding hydrogens is 579 g/mol. The molecule has 0 spiro atoms. The third-order valence-corrected chi connectivity index (χ3v) is 8.81. The molecule has 9 unspecified atom stereocenters. The number of nitrogens with zero attached hydrogens (tertiary/aromatic N) is 7. The standard InChI is InChI=1S/C22H27N10O9P/c23-15-10-16(26-4-25-15)31(5-27-10)19-12(33)8-2-1-3-9-14(41-42(36,37)7-38-21(8)40-19)13(34)20(39-9)32-6-28-11-17(32)29-22(24)30-18(11)35/h4-6,8-9,12-14,19-21,33-34H,1-3,7H2,(H,36,37)(H2,23,25,26)(H3,24,29,30,35). The van der Waals surface area contributed by atoms with Crippen LogP contribution in [0.4, 0.5) is 11.8 Å². The molecule has 224 valence electrons. The predicted octanol–water partition coefficient (Wildman–Crippen LogP) is -1.06. The second-order valence-electron chi connectivity index (χ2n) is 10.4. The molecule has 8 N–H and O–H groups in total. The van der Waals surface area contributed by atoms with Crippen molar-refractivity contribution in [3.8, 4) is 0 Å². The van der Waals surface area contributed by atoms with Crippen molar-refractivity contribution in [2.45, 2.75) is 62.4 Å². The third-order valence-electron chi connectivity index (χ3n) is 7.76. The van der Waals surface area contributed by atoms with Crippen LogP contribution in [0.2, 0.25) is 0 Å². The number of nitrogens with one attached hydrogen (secondary N) is 1. The molecule has 7 rings (SSSR count). The van der Waals surface area contributed by atoms with Gasteiger partial charge in [0.05, 0.1) is 18.8 Å². The summed E-state index contributed by atoms with van der Waals surface area (Å²) in [6, 6.07) is 0. The molecule has 3 fully saturated rings. The van der Waals surface area contributed by atoms with Crippen molar-refractivity contribution in [2.24, 2.45) is 5.92 Å². The molecule has 3 aliphatic heterocycles. The van der Waals surface area contributed by atoms with Crippen LogP contribution in [0.1, 0.15) is 31.7 Å². The van der Waals surface area contributed by atoms with Gasteiger partial charge in [-0.2, -0.15) is 4.98 Å². The van der Waals surface area contributed by atoms with E-state index < -0.39 is 68.6 Å². The van der Waals surface area contributed by atoms with E-state index in [1.807, 2.05) is 0 Å². The molecular formula is C22H27N10O9P. The maximum absolute atomic E-state index is 13.1. The summed E-state index contributed by atoms with van der Waals surface area (Å²) in [6.45, 7) is 0. The molecule has 4 aromatic rings. The lowest BCUT2D eigenvalue weighted by Gasteiger charge is -2.24. The zero-order valence-corrected chi connectivity index (χ0v) is 22.6. The number of aromatic amines is 1. The van der Waals surface area contributed by atoms with Crippen molar-refractivity contribution >= 4 is 41.7 Å². The fourth-order valence-corrected chi connectivity index (χ4v) is 6.87. The van der Waals surface area contributed by atoms with Gasteiger partial charge in [-0.3, -0.25) is 28.0 Å². The van der Waals surface area contributed by atoms with E-state index in [2.05, 4.69) is 29.9 Å². The first-order valence-electron chi connectivity index (χ1n) is 13.1. The summed E-state index contributed by atoms with van der Waals surface area (Å²) in [5.74, 6) is -0.603. The van der Waals surface area contributed by atoms with Crippen LogP contribution in [0.25, 0.3) is 22.3 Å². The highest BCUT2D eigenvalue weighted by Crippen LogP contribution is 2.50. The Hall–Kier alpha value is -3.55. The highest BCUT2D eigenvalue weighted by atomic mass is 31.2. The number of H-pyrrole nitrogens is 1. The van der Waals surface area contributed by atoms with Crippen molar-refractivity contribution in [2.75, 3.05) is 17.8 Å². The summed E-state index contributed by atoms with van der Waals surface area (Å²) in [5, 5.41) is 22.5. The highest BCUT2D eigenvalue weighted by molar-refractivity contribution is 7.52. The van der Waals surface area contributed by atoms with E-state index in [-0.39, 0.29) is 29.4 Å². The van der Waals surface area contributed by atoms with Crippen LogP contribution >= 0.6 is 7.60 Å². The van der Waals surface area contributed by atoms with Crippen LogP contribution in [0.15, 0.2) is 23.8 Å². The molecule has 0 bridgehead atoms. The summed E-state index contributed by atoms with van der Waals surface area (Å²) in [7, 11) is -4.49. The Balaban J connectivity index is 1.15. The molecule has 7 heterocycles. The number of nitrogen functional groups attached to an aromatic ring is 2. The second-order valence-corrected chi connectivity index (χ2v) is 12.1. The fourth-order valence-electron chi connectivity index (χ4n) is 5.83. The van der Waals surface area contributed by atoms with Gasteiger partial charge in [0.15, 0.2) is 47.7 Å². The molecule has 0 amide bonds. The summed E-state index contributed by atoms with van der Waals surface area (Å²) < 4.78 is 39.3. The minimum Gasteiger partial charge on any atom is -0.388 e. The van der Waals surface area contributed by atoms with Gasteiger partial charge in [0.25, 0.3) is 5.56 Å². The van der Waals surface area contributed by atoms with Gasteiger partial charge in [-0.15, -0.1) is 0 Å². The van der Waals surface area contributed by atoms with Gasteiger partial charge in [-0.25, -0.2) is 19.9 Å². The number of rotatable bonds is 2. The fraction of sp³-hybridized carbons (Fsp3) is 0.545. The van der Waals surface area contributed by atoms with Gasteiger partial charge < -0.3 is 40.8 Å². The number of anilines is 2. The number of aliphatic hydroxyl groups excluding tert-OH is 2. The van der Waals surface area contributed by atoms with E-state index in [0.717, 1.165) is 0 Å². The quantitative estimate of drug-likeness (QED) is 0.148. The highest BCUT2D eigenvalue weighted by Gasteiger charge is 2.51. The van der Waals surface area contributed by atoms with Crippen molar-refractivity contribution in [3.63, 3.8) is 0 Å². The van der Waals surface area contributed by atoms with Gasteiger partial charge in [-0.05, 0) is 12.8 Å². The SMILES string of the molecule is Nc1nc2c(ncn2C2OC3CCCC4C(OCP(=O)(O)OC3C2O)OC(n2cnc3c(N)ncnc32)C4O)c(=O)[nH]1. The van der Waals surface area contributed by atoms with E-state index in [1.54, 1.807) is 0 Å². The molecule has 19 nitrogen and oxygen atoms in total. The van der Waals surface area contributed by atoms with Gasteiger partial charge in [-0.1, -0.05) is 6.42 Å². The van der Waals surface area contributed by atoms with E-state index in [9.17, 15) is 24.5 Å². The van der Waals surface area contributed by atoms with Crippen LogP contribution in [0.3, 0.4) is 0 Å². The zero-order valence-electron chi connectivity index (χ0n) is 21.7. The Morgan fingerprint density at radius 1 is 0.976 bits per heavy atom. The molecule has 3 saturated heterocycles. The monoisotopic (exact) mass is 606 g/mol. The lowest BCUT2D eigenvalue weighted by molar-refractivity contribution is -0.157. The smallest absolute Gasteiger partial charge is 0.354 e. The van der Waals surface area contributed by atoms with Crippen LogP contribution in [-0.4, -0.2) is 91.2 Å². The maximum Gasteiger partial charge on any atom is 0.354 e. The molecule has 42 heavy (non-hydrogen) atoms. The van der Waals surface area contributed by atoms with Crippen molar-refractivity contribution in [1.82, 2.24) is 39.0 Å². The summed E-state index contributed by atoms with van der Waals surface area (Å²) in [6.07, 6.45) is -3.54. The number of nitrogens with two attached hydrogens (primary N) is 2. The van der Waals surface area contributed by atoms with E-state index in [1.165, 1.54) is 28.1 Å². The van der Waals surface area contributed by atoms with E-state index in [0.29, 0.717) is 24.0 Å². The molecule has 4 aromatic heterocycles. The summed E-state index contributed by atoms with van der Waals surface area (Å²) in [5.41, 5.74) is 11.7. The molecule has 0 radical (unpaired) electrons. The Bertz CT molecular complexity index is 1760. The van der Waals surface area contributed by atoms with Gasteiger partial charge in [0, 0.05) is 5.92 Å². The number of ether oxygens (including phenoxy) is 3. The number of aliphatic hydroxyl groups is 2. The first-order valence-corrected chi connectivity index (χ1v) is 14.8. The average Bonchev–Trinajstić information content (AvgIpc) is 3.69. The lowest BCUT2D eigenvalue weighted by atomic mass is 9.94. The minimum absolute atomic E-state index is 0.0211. The summed E-state index contributed by atoms with van der Waals surface area (Å²) >= 11 is 0. The number of imidazole rings is 2. The predicted molar refractivity (Wildman–Crippen MR) is 140 cm³/mol. The minimum atomic E-state index is -4.49. The molecule has 20 heteroatoms. The van der Waals surface area contributed by atoms with Crippen molar-refractivity contribution < 1.29 is 38.4 Å². The van der Waals surface area contributed by atoms with Crippen LogP contribution in [-0.2, 0) is 23.3 Å². The Kier molecular flexibility index (Phi) is 6.51. The largest absolute Gasteiger partial charge is 0.388 e. The van der Waals surface area contributed by atoms with E-state index >= 15 is 0 Å². The average molecular weight is 606 g/mol. The molecule has 3 aliphatic rings. The molecule has 0 aromatic carbocycles. The topological polar surface area (TPSA) is 274 Å². The molecule has 9 atom stereocenters. The van der Waals surface area contributed by atoms with Crippen LogP contribution in [0.5, 0.6) is 0 Å². The first-order chi connectivity index (χ1) is 20.1. The number of fused-ring (bicyclic) bond motifs is 4. The Morgan fingerprint density at radius 2 is 1.71 bits per heavy atom. The van der Waals surface area contributed by atoms with Gasteiger partial charge in [0.2, 0.25) is 5.95 Å². The summed E-state index contributed by atoms with van der Waals surface area (Å²) in [4.78, 5) is 45.8. The Morgan fingerprint density at radius 3 is 2.52 bits per heavy atom.